The number of ketones is 1. The number of likely N-dealkylation sites (tertiary alicyclic amines) is 1. The maximum atomic E-state index is 13.0. The number of benzene rings is 3. The van der Waals surface area contributed by atoms with E-state index in [4.69, 9.17) is 4.74 Å². The molecule has 2 aliphatic heterocycles. The summed E-state index contributed by atoms with van der Waals surface area (Å²) in [5.41, 5.74) is 3.55. The first-order chi connectivity index (χ1) is 13.8. The van der Waals surface area contributed by atoms with Crippen LogP contribution in [0, 0.1) is 5.92 Å². The average molecular weight is 369 g/mol. The number of hydrogen-bond acceptors (Lipinski definition) is 3. The summed E-state index contributed by atoms with van der Waals surface area (Å²) in [4.78, 5) is 15.5. The normalized spacial score (nSPS) is 19.6. The van der Waals surface area contributed by atoms with E-state index in [-0.39, 0.29) is 11.8 Å². The van der Waals surface area contributed by atoms with Crippen molar-refractivity contribution < 1.29 is 9.53 Å². The Hall–Kier alpha value is -2.91. The second-order valence-electron chi connectivity index (χ2n) is 7.70. The van der Waals surface area contributed by atoms with Crippen LogP contribution in [0.15, 0.2) is 78.9 Å². The van der Waals surface area contributed by atoms with Crippen LogP contribution in [0.1, 0.15) is 29.0 Å². The number of hydrogen-bond donors (Lipinski definition) is 0. The van der Waals surface area contributed by atoms with E-state index in [1.165, 1.54) is 5.56 Å². The summed E-state index contributed by atoms with van der Waals surface area (Å²) in [6, 6.07) is 26.8. The van der Waals surface area contributed by atoms with Crippen LogP contribution < -0.4 is 4.74 Å². The van der Waals surface area contributed by atoms with Crippen LogP contribution in [-0.4, -0.2) is 23.8 Å². The third-order valence-electron chi connectivity index (χ3n) is 5.92. The molecule has 28 heavy (non-hydrogen) atoms. The zero-order valence-corrected chi connectivity index (χ0v) is 15.8. The van der Waals surface area contributed by atoms with E-state index in [1.807, 2.05) is 42.5 Å². The zero-order chi connectivity index (χ0) is 18.9. The van der Waals surface area contributed by atoms with Crippen LogP contribution in [0.25, 0.3) is 0 Å². The Morgan fingerprint density at radius 1 is 0.821 bits per heavy atom. The van der Waals surface area contributed by atoms with Crippen molar-refractivity contribution in [2.45, 2.75) is 18.9 Å². The first kappa shape index (κ1) is 17.2. The first-order valence-corrected chi connectivity index (χ1v) is 9.94. The van der Waals surface area contributed by atoms with Crippen molar-refractivity contribution in [3.8, 4) is 11.5 Å². The lowest BCUT2D eigenvalue weighted by atomic mass is 9.74. The van der Waals surface area contributed by atoms with Gasteiger partial charge in [-0.2, -0.15) is 0 Å². The van der Waals surface area contributed by atoms with Crippen LogP contribution in [0.4, 0.5) is 0 Å². The molecule has 3 heteroatoms. The molecule has 0 N–H and O–H groups in total. The number of nitrogens with zero attached hydrogens (tertiary/aromatic N) is 1. The number of piperidine rings is 1. The zero-order valence-electron chi connectivity index (χ0n) is 15.8. The van der Waals surface area contributed by atoms with Crippen LogP contribution in [-0.2, 0) is 11.3 Å². The Bertz CT molecular complexity index is 953. The van der Waals surface area contributed by atoms with Gasteiger partial charge in [-0.25, -0.2) is 0 Å². The molecule has 140 valence electrons. The molecule has 2 heterocycles. The number of fused-ring (bicyclic) bond motifs is 2. The minimum Gasteiger partial charge on any atom is -0.457 e. The lowest BCUT2D eigenvalue weighted by molar-refractivity contribution is -0.127. The van der Waals surface area contributed by atoms with E-state index in [0.717, 1.165) is 42.3 Å². The Kier molecular flexibility index (Phi) is 4.46. The molecule has 1 unspecified atom stereocenters. The standard InChI is InChI=1S/C25H23NO2/c27-22-14-15-26(16-18-8-2-1-3-9-18)17-21(22)25-19-10-4-6-12-23(19)28-24-13-7-5-11-20(24)25/h1-13,21,25H,14-17H2. The molecular formula is C25H23NO2. The Labute approximate surface area is 165 Å². The van der Waals surface area contributed by atoms with Gasteiger partial charge in [0.2, 0.25) is 0 Å². The highest BCUT2D eigenvalue weighted by molar-refractivity contribution is 5.84. The topological polar surface area (TPSA) is 29.5 Å². The second-order valence-corrected chi connectivity index (χ2v) is 7.70. The number of carbonyl (C=O) groups excluding carboxylic acids is 1. The van der Waals surface area contributed by atoms with Gasteiger partial charge in [-0.15, -0.1) is 0 Å². The van der Waals surface area contributed by atoms with Crippen molar-refractivity contribution in [3.63, 3.8) is 0 Å². The van der Waals surface area contributed by atoms with Gasteiger partial charge in [0.05, 0.1) is 0 Å². The fourth-order valence-corrected chi connectivity index (χ4v) is 4.58. The minimum atomic E-state index is -0.0522. The van der Waals surface area contributed by atoms with Crippen molar-refractivity contribution in [1.29, 1.82) is 0 Å². The molecule has 0 saturated carbocycles. The summed E-state index contributed by atoms with van der Waals surface area (Å²) >= 11 is 0. The van der Waals surface area contributed by atoms with Gasteiger partial charge < -0.3 is 4.74 Å². The lowest BCUT2D eigenvalue weighted by Gasteiger charge is -2.39. The number of carbonyl (C=O) groups is 1. The van der Waals surface area contributed by atoms with E-state index in [9.17, 15) is 4.79 Å². The molecular weight excluding hydrogens is 346 g/mol. The van der Waals surface area contributed by atoms with Crippen LogP contribution in [0.3, 0.4) is 0 Å². The highest BCUT2D eigenvalue weighted by atomic mass is 16.5. The quantitative estimate of drug-likeness (QED) is 0.649. The highest BCUT2D eigenvalue weighted by Crippen LogP contribution is 2.48. The summed E-state index contributed by atoms with van der Waals surface area (Å²) < 4.78 is 6.13. The van der Waals surface area contributed by atoms with Crippen molar-refractivity contribution in [2.75, 3.05) is 13.1 Å². The van der Waals surface area contributed by atoms with Gasteiger partial charge in [-0.3, -0.25) is 9.69 Å². The summed E-state index contributed by atoms with van der Waals surface area (Å²) in [7, 11) is 0. The number of para-hydroxylation sites is 2. The van der Waals surface area contributed by atoms with Gasteiger partial charge in [0.25, 0.3) is 0 Å². The van der Waals surface area contributed by atoms with Gasteiger partial charge in [0.1, 0.15) is 17.3 Å². The third-order valence-corrected chi connectivity index (χ3v) is 5.92. The molecule has 3 nitrogen and oxygen atoms in total. The van der Waals surface area contributed by atoms with Crippen molar-refractivity contribution in [1.82, 2.24) is 4.90 Å². The van der Waals surface area contributed by atoms with E-state index in [1.54, 1.807) is 0 Å². The monoisotopic (exact) mass is 369 g/mol. The smallest absolute Gasteiger partial charge is 0.139 e. The molecule has 5 rings (SSSR count). The lowest BCUT2D eigenvalue weighted by Crippen LogP contribution is -2.43. The predicted molar refractivity (Wildman–Crippen MR) is 110 cm³/mol. The average Bonchev–Trinajstić information content (AvgIpc) is 2.74. The molecule has 0 radical (unpaired) electrons. The van der Waals surface area contributed by atoms with E-state index in [0.29, 0.717) is 12.2 Å². The molecule has 3 aromatic carbocycles. The fraction of sp³-hybridized carbons (Fsp3) is 0.240. The molecule has 0 spiro atoms. The second kappa shape index (κ2) is 7.25. The largest absolute Gasteiger partial charge is 0.457 e. The Morgan fingerprint density at radius 3 is 2.11 bits per heavy atom. The van der Waals surface area contributed by atoms with Gasteiger partial charge in [-0.05, 0) is 17.7 Å². The molecule has 0 aliphatic carbocycles. The molecule has 1 fully saturated rings. The van der Waals surface area contributed by atoms with Gasteiger partial charge in [0.15, 0.2) is 0 Å². The number of rotatable bonds is 3. The van der Waals surface area contributed by atoms with Gasteiger partial charge >= 0.3 is 0 Å². The van der Waals surface area contributed by atoms with Crippen molar-refractivity contribution >= 4 is 5.78 Å². The summed E-state index contributed by atoms with van der Waals surface area (Å²) in [6.45, 7) is 2.49. The van der Waals surface area contributed by atoms with E-state index < -0.39 is 0 Å². The SMILES string of the molecule is O=C1CCN(Cc2ccccc2)CC1C1c2ccccc2Oc2ccccc21. The highest BCUT2D eigenvalue weighted by Gasteiger charge is 2.39. The molecule has 1 saturated heterocycles. The maximum Gasteiger partial charge on any atom is 0.139 e. The first-order valence-electron chi connectivity index (χ1n) is 9.94. The molecule has 0 bridgehead atoms. The minimum absolute atomic E-state index is 0.0484. The molecule has 3 aromatic rings. The predicted octanol–water partition coefficient (Wildman–Crippen LogP) is 5.02. The molecule has 2 aliphatic rings. The summed E-state index contributed by atoms with van der Waals surface area (Å²) in [5.74, 6) is 2.11. The van der Waals surface area contributed by atoms with Crippen molar-refractivity contribution in [2.24, 2.45) is 5.92 Å². The summed E-state index contributed by atoms with van der Waals surface area (Å²) in [5, 5.41) is 0. The van der Waals surface area contributed by atoms with E-state index in [2.05, 4.69) is 41.3 Å². The van der Waals surface area contributed by atoms with Crippen LogP contribution in [0.5, 0.6) is 11.5 Å². The molecule has 0 amide bonds. The van der Waals surface area contributed by atoms with Gasteiger partial charge in [0, 0.05) is 49.0 Å². The van der Waals surface area contributed by atoms with E-state index >= 15 is 0 Å². The van der Waals surface area contributed by atoms with Crippen molar-refractivity contribution in [3.05, 3.63) is 95.6 Å². The third kappa shape index (κ3) is 3.12. The maximum absolute atomic E-state index is 13.0. The fourth-order valence-electron chi connectivity index (χ4n) is 4.58. The Morgan fingerprint density at radius 2 is 1.43 bits per heavy atom. The Balaban J connectivity index is 1.50. The van der Waals surface area contributed by atoms with Crippen LogP contribution >= 0.6 is 0 Å². The molecule has 1 atom stereocenters. The molecule has 0 aromatic heterocycles. The number of ether oxygens (including phenoxy) is 1. The summed E-state index contributed by atoms with van der Waals surface area (Å²) in [6.07, 6.45) is 0.610. The number of Topliss-reactive ketones (excluding diaryl/α,β-unsaturated/α-hetero) is 1. The van der Waals surface area contributed by atoms with Gasteiger partial charge in [-0.1, -0.05) is 66.7 Å². The van der Waals surface area contributed by atoms with Crippen LogP contribution in [0.2, 0.25) is 0 Å².